The number of anilines is 1. The van der Waals surface area contributed by atoms with Crippen molar-refractivity contribution in [1.29, 1.82) is 0 Å². The Morgan fingerprint density at radius 1 is 1.20 bits per heavy atom. The van der Waals surface area contributed by atoms with Crippen molar-refractivity contribution in [3.05, 3.63) is 64.9 Å². The van der Waals surface area contributed by atoms with Crippen LogP contribution in [0.3, 0.4) is 0 Å². The zero-order valence-electron chi connectivity index (χ0n) is 16.7. The number of amides is 2. The lowest BCUT2D eigenvalue weighted by Crippen LogP contribution is -2.23. The fourth-order valence-electron chi connectivity index (χ4n) is 3.22. The van der Waals surface area contributed by atoms with Crippen LogP contribution in [0.2, 0.25) is 0 Å². The van der Waals surface area contributed by atoms with Gasteiger partial charge in [-0.2, -0.15) is 5.10 Å². The Hall–Kier alpha value is -3.59. The predicted molar refractivity (Wildman–Crippen MR) is 115 cm³/mol. The smallest absolute Gasteiger partial charge is 0.263 e. The van der Waals surface area contributed by atoms with Crippen molar-refractivity contribution >= 4 is 33.9 Å². The molecule has 4 rings (SSSR count). The molecule has 0 aliphatic carbocycles. The lowest BCUT2D eigenvalue weighted by molar-refractivity contribution is -0.119. The Morgan fingerprint density at radius 2 is 1.97 bits per heavy atom. The molecule has 0 saturated carbocycles. The molecular weight excluding hydrogens is 400 g/mol. The van der Waals surface area contributed by atoms with Crippen molar-refractivity contribution in [3.63, 3.8) is 0 Å². The number of nitrogens with one attached hydrogen (secondary N) is 2. The van der Waals surface area contributed by atoms with Gasteiger partial charge in [-0.05, 0) is 25.5 Å². The summed E-state index contributed by atoms with van der Waals surface area (Å²) >= 11 is 1.35. The molecule has 1 atom stereocenters. The third kappa shape index (κ3) is 3.92. The number of rotatable bonds is 5. The Kier molecular flexibility index (Phi) is 5.28. The lowest BCUT2D eigenvalue weighted by atomic mass is 10.1. The molecule has 3 heterocycles. The van der Waals surface area contributed by atoms with E-state index in [2.05, 4.69) is 25.7 Å². The highest BCUT2D eigenvalue weighted by Gasteiger charge is 2.19. The molecule has 1 unspecified atom stereocenters. The van der Waals surface area contributed by atoms with Crippen LogP contribution in [0.5, 0.6) is 0 Å². The number of benzene rings is 1. The number of aromatic nitrogens is 4. The van der Waals surface area contributed by atoms with Gasteiger partial charge in [-0.15, -0.1) is 11.3 Å². The number of aryl methyl sites for hydroxylation is 1. The first kappa shape index (κ1) is 19.7. The third-order valence-electron chi connectivity index (χ3n) is 4.65. The van der Waals surface area contributed by atoms with Crippen LogP contribution in [0.1, 0.15) is 41.5 Å². The normalized spacial score (nSPS) is 12.0. The molecule has 0 aliphatic rings. The Bertz CT molecular complexity index is 1230. The van der Waals surface area contributed by atoms with Crippen molar-refractivity contribution in [1.82, 2.24) is 24.9 Å². The molecule has 3 aromatic heterocycles. The van der Waals surface area contributed by atoms with Gasteiger partial charge in [0, 0.05) is 30.3 Å². The van der Waals surface area contributed by atoms with Crippen molar-refractivity contribution in [2.75, 3.05) is 5.32 Å². The van der Waals surface area contributed by atoms with E-state index in [4.69, 9.17) is 0 Å². The van der Waals surface area contributed by atoms with E-state index in [-0.39, 0.29) is 17.9 Å². The summed E-state index contributed by atoms with van der Waals surface area (Å²) in [6.45, 7) is 5.21. The van der Waals surface area contributed by atoms with Crippen molar-refractivity contribution in [2.45, 2.75) is 26.8 Å². The van der Waals surface area contributed by atoms with Gasteiger partial charge in [0.2, 0.25) is 5.91 Å². The third-order valence-corrected chi connectivity index (χ3v) is 5.41. The molecule has 0 radical (unpaired) electrons. The number of hydrogen-bond donors (Lipinski definition) is 2. The first-order valence-electron chi connectivity index (χ1n) is 9.36. The van der Waals surface area contributed by atoms with E-state index in [1.807, 2.05) is 36.6 Å². The zero-order valence-corrected chi connectivity index (χ0v) is 17.5. The van der Waals surface area contributed by atoms with Crippen molar-refractivity contribution in [3.8, 4) is 11.3 Å². The molecule has 2 amide bonds. The van der Waals surface area contributed by atoms with Gasteiger partial charge in [-0.25, -0.2) is 14.5 Å². The molecule has 8 nitrogen and oxygen atoms in total. The van der Waals surface area contributed by atoms with E-state index in [1.54, 1.807) is 29.9 Å². The molecule has 30 heavy (non-hydrogen) atoms. The van der Waals surface area contributed by atoms with E-state index in [0.29, 0.717) is 22.0 Å². The molecule has 0 saturated heterocycles. The minimum Gasteiger partial charge on any atom is -0.350 e. The molecule has 0 aliphatic heterocycles. The van der Waals surface area contributed by atoms with E-state index in [0.717, 1.165) is 16.8 Å². The maximum Gasteiger partial charge on any atom is 0.263 e. The van der Waals surface area contributed by atoms with Gasteiger partial charge < -0.3 is 5.32 Å². The molecule has 0 bridgehead atoms. The van der Waals surface area contributed by atoms with E-state index in [9.17, 15) is 9.59 Å². The summed E-state index contributed by atoms with van der Waals surface area (Å²) in [5, 5.41) is 12.4. The van der Waals surface area contributed by atoms with Crippen LogP contribution in [0, 0.1) is 6.92 Å². The molecule has 0 fully saturated rings. The quantitative estimate of drug-likeness (QED) is 0.514. The van der Waals surface area contributed by atoms with E-state index >= 15 is 0 Å². The second-order valence-corrected chi connectivity index (χ2v) is 7.74. The number of thiazole rings is 1. The second kappa shape index (κ2) is 8.03. The van der Waals surface area contributed by atoms with Crippen LogP contribution in [0.25, 0.3) is 16.9 Å². The SMILES string of the molecule is CC(=O)NC(C)c1ccc(-c2csc(NC(=O)c3c(C)nn4cccnc34)n2)cc1. The van der Waals surface area contributed by atoms with Gasteiger partial charge in [0.05, 0.1) is 17.4 Å². The summed E-state index contributed by atoms with van der Waals surface area (Å²) in [4.78, 5) is 32.8. The lowest BCUT2D eigenvalue weighted by Gasteiger charge is -2.13. The zero-order chi connectivity index (χ0) is 21.3. The molecular formula is C21H20N6O2S. The maximum atomic E-state index is 12.8. The summed E-state index contributed by atoms with van der Waals surface area (Å²) in [5.74, 6) is -0.357. The highest BCUT2D eigenvalue weighted by atomic mass is 32.1. The summed E-state index contributed by atoms with van der Waals surface area (Å²) in [7, 11) is 0. The van der Waals surface area contributed by atoms with E-state index < -0.39 is 0 Å². The fourth-order valence-corrected chi connectivity index (χ4v) is 3.93. The van der Waals surface area contributed by atoms with Crippen LogP contribution in [0.4, 0.5) is 5.13 Å². The van der Waals surface area contributed by atoms with Crippen LogP contribution in [-0.4, -0.2) is 31.4 Å². The van der Waals surface area contributed by atoms with Crippen molar-refractivity contribution < 1.29 is 9.59 Å². The number of carbonyl (C=O) groups is 2. The van der Waals surface area contributed by atoms with Gasteiger partial charge in [-0.1, -0.05) is 24.3 Å². The molecule has 152 valence electrons. The number of carbonyl (C=O) groups excluding carboxylic acids is 2. The standard InChI is InChI=1S/C21H20N6O2S/c1-12(23-14(3)28)15-5-7-16(8-6-15)17-11-30-21(24-17)25-20(29)18-13(2)26-27-10-4-9-22-19(18)27/h4-12H,1-3H3,(H,23,28)(H,24,25,29). The minimum atomic E-state index is -0.290. The average molecular weight is 420 g/mol. The summed E-state index contributed by atoms with van der Waals surface area (Å²) in [5.41, 5.74) is 4.25. The molecule has 1 aromatic carbocycles. The summed E-state index contributed by atoms with van der Waals surface area (Å²) in [6, 6.07) is 9.52. The number of hydrogen-bond acceptors (Lipinski definition) is 6. The first-order valence-corrected chi connectivity index (χ1v) is 10.2. The predicted octanol–water partition coefficient (Wildman–Crippen LogP) is 3.61. The van der Waals surface area contributed by atoms with E-state index in [1.165, 1.54) is 18.3 Å². The van der Waals surface area contributed by atoms with Crippen LogP contribution < -0.4 is 10.6 Å². The van der Waals surface area contributed by atoms with Gasteiger partial charge in [0.25, 0.3) is 5.91 Å². The molecule has 4 aromatic rings. The minimum absolute atomic E-state index is 0.0652. The Labute approximate surface area is 177 Å². The van der Waals surface area contributed by atoms with Gasteiger partial charge in [-0.3, -0.25) is 14.9 Å². The summed E-state index contributed by atoms with van der Waals surface area (Å²) in [6.07, 6.45) is 3.38. The average Bonchev–Trinajstić information content (AvgIpc) is 3.30. The van der Waals surface area contributed by atoms with Crippen LogP contribution in [0.15, 0.2) is 48.1 Å². The molecule has 9 heteroatoms. The maximum absolute atomic E-state index is 12.8. The topological polar surface area (TPSA) is 101 Å². The highest BCUT2D eigenvalue weighted by molar-refractivity contribution is 7.14. The van der Waals surface area contributed by atoms with Gasteiger partial charge >= 0.3 is 0 Å². The van der Waals surface area contributed by atoms with Crippen LogP contribution in [-0.2, 0) is 4.79 Å². The van der Waals surface area contributed by atoms with Gasteiger partial charge in [0.15, 0.2) is 10.8 Å². The van der Waals surface area contributed by atoms with Crippen molar-refractivity contribution in [2.24, 2.45) is 0 Å². The Balaban J connectivity index is 1.51. The first-order chi connectivity index (χ1) is 14.4. The highest BCUT2D eigenvalue weighted by Crippen LogP contribution is 2.27. The van der Waals surface area contributed by atoms with Gasteiger partial charge in [0.1, 0.15) is 5.56 Å². The van der Waals surface area contributed by atoms with Crippen LogP contribution >= 0.6 is 11.3 Å². The largest absolute Gasteiger partial charge is 0.350 e. The number of fused-ring (bicyclic) bond motifs is 1. The number of nitrogens with zero attached hydrogens (tertiary/aromatic N) is 4. The summed E-state index contributed by atoms with van der Waals surface area (Å²) < 4.78 is 1.58. The fraction of sp³-hybridized carbons (Fsp3) is 0.190. The second-order valence-electron chi connectivity index (χ2n) is 6.88. The molecule has 2 N–H and O–H groups in total. The monoisotopic (exact) mass is 420 g/mol. The Morgan fingerprint density at radius 3 is 2.70 bits per heavy atom. The molecule has 0 spiro atoms.